The minimum atomic E-state index is -1.19. The first-order valence-corrected chi connectivity index (χ1v) is 14.9. The number of aldehydes is 1. The standard InChI is InChI=1S/C31H35N3O8S/c1-16-25-24(17(2)36)30(38)34(25)26(31(39)40)28(16)43-21-12-22(29(37)32-20-9-5-7-18(11-20)15-35)33(14-21)13-19-8-6-10-23(41-3)27(19)42-4/h5-11,15-17,21-22,24-25,36H,12-14H2,1-4H3,(H,32,37)(H,39,40)/t16-,17-,21+,22+,24-,25-/m1/s1. The van der Waals surface area contributed by atoms with Crippen molar-refractivity contribution in [1.29, 1.82) is 0 Å². The molecule has 0 spiro atoms. The van der Waals surface area contributed by atoms with Crippen LogP contribution < -0.4 is 14.8 Å². The van der Waals surface area contributed by atoms with Crippen LogP contribution in [0.5, 0.6) is 11.5 Å². The Morgan fingerprint density at radius 1 is 1.19 bits per heavy atom. The molecule has 228 valence electrons. The van der Waals surface area contributed by atoms with Gasteiger partial charge < -0.3 is 29.9 Å². The third-order valence-corrected chi connectivity index (χ3v) is 9.91. The fourth-order valence-electron chi connectivity index (χ4n) is 6.46. The van der Waals surface area contributed by atoms with Gasteiger partial charge in [-0.2, -0.15) is 0 Å². The lowest BCUT2D eigenvalue weighted by Crippen LogP contribution is -2.63. The van der Waals surface area contributed by atoms with Crippen molar-refractivity contribution in [2.24, 2.45) is 11.8 Å². The Kier molecular flexibility index (Phi) is 8.81. The summed E-state index contributed by atoms with van der Waals surface area (Å²) in [6, 6.07) is 11.2. The quantitative estimate of drug-likeness (QED) is 0.257. The molecule has 2 fully saturated rings. The van der Waals surface area contributed by atoms with Crippen molar-refractivity contribution in [2.45, 2.75) is 50.3 Å². The highest BCUT2D eigenvalue weighted by molar-refractivity contribution is 8.03. The molecule has 0 saturated carbocycles. The number of benzene rings is 2. The topological polar surface area (TPSA) is 146 Å². The number of para-hydroxylation sites is 1. The van der Waals surface area contributed by atoms with Gasteiger partial charge in [-0.15, -0.1) is 11.8 Å². The van der Waals surface area contributed by atoms with Gasteiger partial charge in [0.2, 0.25) is 11.8 Å². The van der Waals surface area contributed by atoms with Gasteiger partial charge in [-0.05, 0) is 31.5 Å². The van der Waals surface area contributed by atoms with Gasteiger partial charge in [0.25, 0.3) is 0 Å². The van der Waals surface area contributed by atoms with Crippen molar-refractivity contribution >= 4 is 41.5 Å². The molecule has 0 bridgehead atoms. The Labute approximate surface area is 253 Å². The molecular weight excluding hydrogens is 574 g/mol. The van der Waals surface area contributed by atoms with Gasteiger partial charge in [0, 0.05) is 46.0 Å². The lowest BCUT2D eigenvalue weighted by molar-refractivity contribution is -0.163. The van der Waals surface area contributed by atoms with Gasteiger partial charge in [-0.3, -0.25) is 19.3 Å². The second kappa shape index (κ2) is 12.4. The van der Waals surface area contributed by atoms with Crippen LogP contribution >= 0.6 is 11.8 Å². The van der Waals surface area contributed by atoms with Gasteiger partial charge in [-0.1, -0.05) is 31.2 Å². The average molecular weight is 610 g/mol. The molecule has 0 radical (unpaired) electrons. The summed E-state index contributed by atoms with van der Waals surface area (Å²) in [5.74, 6) is -1.63. The monoisotopic (exact) mass is 609 g/mol. The molecule has 12 heteroatoms. The van der Waals surface area contributed by atoms with Gasteiger partial charge in [0.1, 0.15) is 12.0 Å². The molecule has 3 heterocycles. The Hall–Kier alpha value is -3.87. The number of hydrogen-bond donors (Lipinski definition) is 3. The maximum atomic E-state index is 13.7. The van der Waals surface area contributed by atoms with Crippen molar-refractivity contribution in [3.05, 3.63) is 64.2 Å². The van der Waals surface area contributed by atoms with E-state index in [-0.39, 0.29) is 28.7 Å². The summed E-state index contributed by atoms with van der Waals surface area (Å²) in [6.07, 6.45) is 0.241. The van der Waals surface area contributed by atoms with Gasteiger partial charge in [0.15, 0.2) is 11.5 Å². The number of methoxy groups -OCH3 is 2. The molecular formula is C31H35N3O8S. The highest BCUT2D eigenvalue weighted by Crippen LogP contribution is 2.52. The molecule has 3 aliphatic rings. The fourth-order valence-corrected chi connectivity index (χ4v) is 8.02. The minimum absolute atomic E-state index is 0.0380. The van der Waals surface area contributed by atoms with E-state index in [1.807, 2.05) is 24.0 Å². The Bertz CT molecular complexity index is 1480. The maximum Gasteiger partial charge on any atom is 0.353 e. The number of carboxylic acids is 1. The second-order valence-corrected chi connectivity index (χ2v) is 12.4. The number of rotatable bonds is 11. The van der Waals surface area contributed by atoms with E-state index in [4.69, 9.17) is 9.47 Å². The molecule has 5 rings (SSSR count). The molecule has 2 aromatic carbocycles. The third-order valence-electron chi connectivity index (χ3n) is 8.42. The summed E-state index contributed by atoms with van der Waals surface area (Å²) >= 11 is 1.39. The summed E-state index contributed by atoms with van der Waals surface area (Å²) in [5.41, 5.74) is 1.72. The largest absolute Gasteiger partial charge is 0.493 e. The number of fused-ring (bicyclic) bond motifs is 1. The molecule has 11 nitrogen and oxygen atoms in total. The van der Waals surface area contributed by atoms with Crippen LogP contribution in [0.4, 0.5) is 5.69 Å². The Balaban J connectivity index is 1.43. The highest BCUT2D eigenvalue weighted by atomic mass is 32.2. The van der Waals surface area contributed by atoms with E-state index in [2.05, 4.69) is 5.32 Å². The molecule has 2 aromatic rings. The van der Waals surface area contributed by atoms with Gasteiger partial charge in [-0.25, -0.2) is 4.79 Å². The van der Waals surface area contributed by atoms with E-state index in [1.54, 1.807) is 51.5 Å². The molecule has 43 heavy (non-hydrogen) atoms. The summed E-state index contributed by atoms with van der Waals surface area (Å²) in [6.45, 7) is 4.25. The number of anilines is 1. The van der Waals surface area contributed by atoms with Crippen LogP contribution in [0, 0.1) is 11.8 Å². The number of carboxylic acid groups (broad SMARTS) is 1. The molecule has 3 N–H and O–H groups in total. The molecule has 0 aromatic heterocycles. The molecule has 6 atom stereocenters. The zero-order valence-corrected chi connectivity index (χ0v) is 25.2. The van der Waals surface area contributed by atoms with E-state index >= 15 is 0 Å². The number of aliphatic hydroxyl groups excluding tert-OH is 1. The predicted octanol–water partition coefficient (Wildman–Crippen LogP) is 2.98. The number of carbonyl (C=O) groups excluding carboxylic acids is 3. The number of carbonyl (C=O) groups is 4. The van der Waals surface area contributed by atoms with Crippen LogP contribution in [0.25, 0.3) is 0 Å². The van der Waals surface area contributed by atoms with Crippen LogP contribution in [0.15, 0.2) is 53.1 Å². The van der Waals surface area contributed by atoms with Crippen molar-refractivity contribution < 1.29 is 38.9 Å². The molecule has 0 unspecified atom stereocenters. The Morgan fingerprint density at radius 2 is 1.93 bits per heavy atom. The highest BCUT2D eigenvalue weighted by Gasteiger charge is 2.60. The lowest BCUT2D eigenvalue weighted by atomic mass is 9.79. The van der Waals surface area contributed by atoms with Crippen LogP contribution in [0.2, 0.25) is 0 Å². The number of aliphatic hydroxyl groups is 1. The second-order valence-electron chi connectivity index (χ2n) is 11.1. The van der Waals surface area contributed by atoms with Crippen LogP contribution in [-0.4, -0.2) is 88.3 Å². The summed E-state index contributed by atoms with van der Waals surface area (Å²) in [7, 11) is 3.11. The van der Waals surface area contributed by atoms with Crippen molar-refractivity contribution in [1.82, 2.24) is 9.80 Å². The number of hydrogen-bond acceptors (Lipinski definition) is 9. The maximum absolute atomic E-state index is 13.7. The average Bonchev–Trinajstić information content (AvgIpc) is 3.49. The summed E-state index contributed by atoms with van der Waals surface area (Å²) in [4.78, 5) is 54.0. The predicted molar refractivity (Wildman–Crippen MR) is 160 cm³/mol. The molecule has 2 saturated heterocycles. The first kappa shape index (κ1) is 30.6. The molecule has 0 aliphatic carbocycles. The van der Waals surface area contributed by atoms with Crippen LogP contribution in [0.3, 0.4) is 0 Å². The van der Waals surface area contributed by atoms with Crippen molar-refractivity contribution in [2.75, 3.05) is 26.1 Å². The zero-order valence-electron chi connectivity index (χ0n) is 24.4. The van der Waals surface area contributed by atoms with Gasteiger partial charge >= 0.3 is 5.97 Å². The third kappa shape index (κ3) is 5.62. The van der Waals surface area contributed by atoms with E-state index in [9.17, 15) is 29.4 Å². The first-order valence-electron chi connectivity index (χ1n) is 14.0. The number of nitrogens with one attached hydrogen (secondary N) is 1. The van der Waals surface area contributed by atoms with E-state index in [1.165, 1.54) is 16.7 Å². The van der Waals surface area contributed by atoms with Gasteiger partial charge in [0.05, 0.1) is 38.3 Å². The normalized spacial score (nSPS) is 25.7. The smallest absolute Gasteiger partial charge is 0.353 e. The number of likely N-dealkylation sites (tertiary alicyclic amines) is 1. The lowest BCUT2D eigenvalue weighted by Gasteiger charge is -2.46. The number of ether oxygens (including phenoxy) is 2. The summed E-state index contributed by atoms with van der Waals surface area (Å²) in [5, 5.41) is 23.1. The fraction of sp³-hybridized carbons (Fsp3) is 0.419. The van der Waals surface area contributed by atoms with E-state index in [0.29, 0.717) is 53.5 Å². The molecule has 2 amide bonds. The minimum Gasteiger partial charge on any atom is -0.493 e. The van der Waals surface area contributed by atoms with Crippen LogP contribution in [-0.2, 0) is 20.9 Å². The number of aliphatic carboxylic acids is 1. The number of thioether (sulfide) groups is 1. The first-order chi connectivity index (χ1) is 20.6. The number of nitrogens with zero attached hydrogens (tertiary/aromatic N) is 2. The SMILES string of the molecule is COc1cccc(CN2C[C@@H](SC3=C(C(=O)O)N4C(=O)[C@H]([C@@H](C)O)[C@H]4[C@H]3C)C[C@H]2C(=O)Nc2cccc(C=O)c2)c1OC. The van der Waals surface area contributed by atoms with E-state index in [0.717, 1.165) is 5.56 Å². The van der Waals surface area contributed by atoms with Crippen LogP contribution in [0.1, 0.15) is 36.2 Å². The van der Waals surface area contributed by atoms with Crippen molar-refractivity contribution in [3.63, 3.8) is 0 Å². The van der Waals surface area contributed by atoms with Crippen molar-refractivity contribution in [3.8, 4) is 11.5 Å². The zero-order chi connectivity index (χ0) is 31.0. The summed E-state index contributed by atoms with van der Waals surface area (Å²) < 4.78 is 11.1. The number of β-lactam (4-membered cyclic amide) rings is 1. The molecule has 3 aliphatic heterocycles. The number of amides is 2. The Morgan fingerprint density at radius 3 is 2.58 bits per heavy atom. The van der Waals surface area contributed by atoms with E-state index < -0.39 is 30.1 Å².